The van der Waals surface area contributed by atoms with Crippen molar-refractivity contribution in [2.45, 2.75) is 13.8 Å². The maximum atomic E-state index is 12.9. The van der Waals surface area contributed by atoms with Crippen LogP contribution in [0.15, 0.2) is 52.4 Å². The third-order valence-corrected chi connectivity index (χ3v) is 3.38. The van der Waals surface area contributed by atoms with Gasteiger partial charge in [0.05, 0.1) is 7.11 Å². The number of carbonyl (C=O) groups is 1. The number of amidine groups is 1. The number of nitrogens with zero attached hydrogens (tertiary/aromatic N) is 2. The van der Waals surface area contributed by atoms with E-state index in [4.69, 9.17) is 4.74 Å². The number of hydrogen-bond donors (Lipinski definition) is 1. The molecule has 5 nitrogen and oxygen atoms in total. The van der Waals surface area contributed by atoms with Gasteiger partial charge in [0, 0.05) is 29.4 Å². The van der Waals surface area contributed by atoms with Crippen molar-refractivity contribution in [3.8, 4) is 11.5 Å². The van der Waals surface area contributed by atoms with Crippen LogP contribution in [0.2, 0.25) is 0 Å². The molecule has 0 bridgehead atoms. The van der Waals surface area contributed by atoms with Crippen molar-refractivity contribution in [3.05, 3.63) is 59.2 Å². The van der Waals surface area contributed by atoms with Crippen LogP contribution in [0.4, 0.5) is 0 Å². The molecule has 0 radical (unpaired) electrons. The highest BCUT2D eigenvalue weighted by Crippen LogP contribution is 2.31. The number of carbonyl (C=O) groups excluding carboxylic acids is 1. The number of phenolic OH excluding ortho intramolecular Hbond substituents is 1. The normalized spacial score (nSPS) is 11.1. The number of ether oxygens (including phenoxy) is 1. The predicted molar refractivity (Wildman–Crippen MR) is 95.8 cm³/mol. The van der Waals surface area contributed by atoms with E-state index in [1.807, 2.05) is 19.9 Å². The first kappa shape index (κ1) is 17.4. The Balaban J connectivity index is 2.68. The molecule has 0 saturated carbocycles. The Labute approximate surface area is 141 Å². The molecule has 5 heteroatoms. The SMILES string of the molecule is CN=C(N=C(C)C)c1cc(OC)c(O)cc1C(=O)c1ccccc1. The Hall–Kier alpha value is -2.95. The van der Waals surface area contributed by atoms with Crippen molar-refractivity contribution in [2.75, 3.05) is 14.2 Å². The van der Waals surface area contributed by atoms with Crippen molar-refractivity contribution >= 4 is 17.3 Å². The molecule has 1 N–H and O–H groups in total. The molecule has 0 fully saturated rings. The summed E-state index contributed by atoms with van der Waals surface area (Å²) in [4.78, 5) is 21.4. The highest BCUT2D eigenvalue weighted by atomic mass is 16.5. The lowest BCUT2D eigenvalue weighted by Crippen LogP contribution is -2.11. The fraction of sp³-hybridized carbons (Fsp3) is 0.211. The van der Waals surface area contributed by atoms with Crippen LogP contribution in [-0.2, 0) is 0 Å². The topological polar surface area (TPSA) is 71.2 Å². The van der Waals surface area contributed by atoms with Crippen molar-refractivity contribution in [2.24, 2.45) is 9.98 Å². The maximum Gasteiger partial charge on any atom is 0.193 e. The van der Waals surface area contributed by atoms with E-state index in [2.05, 4.69) is 9.98 Å². The highest BCUT2D eigenvalue weighted by Gasteiger charge is 2.20. The van der Waals surface area contributed by atoms with Gasteiger partial charge in [-0.2, -0.15) is 0 Å². The van der Waals surface area contributed by atoms with Crippen LogP contribution >= 0.6 is 0 Å². The molecule has 2 aromatic carbocycles. The standard InChI is InChI=1S/C19H20N2O3/c1-12(2)21-19(20-3)15-11-17(24-4)16(22)10-14(15)18(23)13-8-6-5-7-9-13/h5-11,22H,1-4H3. The molecule has 124 valence electrons. The summed E-state index contributed by atoms with van der Waals surface area (Å²) in [6, 6.07) is 11.9. The lowest BCUT2D eigenvalue weighted by atomic mass is 9.97. The molecular formula is C19H20N2O3. The first-order chi connectivity index (χ1) is 11.5. The molecule has 0 unspecified atom stereocenters. The zero-order chi connectivity index (χ0) is 17.7. The van der Waals surface area contributed by atoms with Gasteiger partial charge >= 0.3 is 0 Å². The summed E-state index contributed by atoms with van der Waals surface area (Å²) in [6.45, 7) is 3.70. The monoisotopic (exact) mass is 324 g/mol. The number of hydrogen-bond acceptors (Lipinski definition) is 4. The van der Waals surface area contributed by atoms with Crippen molar-refractivity contribution in [1.29, 1.82) is 0 Å². The van der Waals surface area contributed by atoms with Gasteiger partial charge in [-0.3, -0.25) is 9.79 Å². The first-order valence-electron chi connectivity index (χ1n) is 7.47. The van der Waals surface area contributed by atoms with Crippen molar-refractivity contribution in [3.63, 3.8) is 0 Å². The zero-order valence-electron chi connectivity index (χ0n) is 14.2. The fourth-order valence-electron chi connectivity index (χ4n) is 2.29. The summed E-state index contributed by atoms with van der Waals surface area (Å²) in [5, 5.41) is 10.1. The van der Waals surface area contributed by atoms with E-state index in [0.29, 0.717) is 22.5 Å². The van der Waals surface area contributed by atoms with Crippen LogP contribution in [0.1, 0.15) is 35.3 Å². The zero-order valence-corrected chi connectivity index (χ0v) is 14.2. The molecule has 24 heavy (non-hydrogen) atoms. The van der Waals surface area contributed by atoms with Crippen LogP contribution < -0.4 is 4.74 Å². The van der Waals surface area contributed by atoms with Gasteiger partial charge in [-0.15, -0.1) is 0 Å². The van der Waals surface area contributed by atoms with Gasteiger partial charge in [-0.1, -0.05) is 30.3 Å². The average Bonchev–Trinajstić information content (AvgIpc) is 2.59. The lowest BCUT2D eigenvalue weighted by molar-refractivity contribution is 0.103. The van der Waals surface area contributed by atoms with Crippen LogP contribution in [0.5, 0.6) is 11.5 Å². The molecule has 0 aliphatic rings. The fourth-order valence-corrected chi connectivity index (χ4v) is 2.29. The van der Waals surface area contributed by atoms with E-state index < -0.39 is 0 Å². The van der Waals surface area contributed by atoms with E-state index in [-0.39, 0.29) is 17.3 Å². The quantitative estimate of drug-likeness (QED) is 0.531. The van der Waals surface area contributed by atoms with Crippen LogP contribution in [-0.4, -0.2) is 36.6 Å². The van der Waals surface area contributed by atoms with Gasteiger partial charge in [0.15, 0.2) is 23.1 Å². The van der Waals surface area contributed by atoms with Crippen LogP contribution in [0.25, 0.3) is 0 Å². The molecule has 0 heterocycles. The minimum absolute atomic E-state index is 0.104. The summed E-state index contributed by atoms with van der Waals surface area (Å²) in [7, 11) is 3.06. The van der Waals surface area contributed by atoms with E-state index in [1.165, 1.54) is 13.2 Å². The van der Waals surface area contributed by atoms with Crippen molar-refractivity contribution in [1.82, 2.24) is 0 Å². The van der Waals surface area contributed by atoms with Crippen LogP contribution in [0.3, 0.4) is 0 Å². The Bertz CT molecular complexity index is 805. The second-order valence-electron chi connectivity index (χ2n) is 5.37. The Morgan fingerprint density at radius 2 is 1.75 bits per heavy atom. The maximum absolute atomic E-state index is 12.9. The highest BCUT2D eigenvalue weighted by molar-refractivity contribution is 6.18. The third kappa shape index (κ3) is 3.68. The van der Waals surface area contributed by atoms with Gasteiger partial charge in [-0.25, -0.2) is 4.99 Å². The molecule has 0 saturated heterocycles. The van der Waals surface area contributed by atoms with Gasteiger partial charge in [-0.05, 0) is 26.0 Å². The molecule has 0 atom stereocenters. The predicted octanol–water partition coefficient (Wildman–Crippen LogP) is 3.49. The number of methoxy groups -OCH3 is 1. The van der Waals surface area contributed by atoms with Gasteiger partial charge in [0.1, 0.15) is 0 Å². The Kier molecular flexibility index (Phi) is 5.47. The van der Waals surface area contributed by atoms with Gasteiger partial charge < -0.3 is 9.84 Å². The molecule has 0 aliphatic carbocycles. The molecule has 2 aromatic rings. The van der Waals surface area contributed by atoms with Gasteiger partial charge in [0.25, 0.3) is 0 Å². The third-order valence-electron chi connectivity index (χ3n) is 3.38. The first-order valence-corrected chi connectivity index (χ1v) is 7.47. The number of rotatable bonds is 4. The van der Waals surface area contributed by atoms with Crippen molar-refractivity contribution < 1.29 is 14.6 Å². The average molecular weight is 324 g/mol. The largest absolute Gasteiger partial charge is 0.504 e. The lowest BCUT2D eigenvalue weighted by Gasteiger charge is -2.12. The second-order valence-corrected chi connectivity index (χ2v) is 5.37. The summed E-state index contributed by atoms with van der Waals surface area (Å²) in [5.74, 6) is 0.356. The van der Waals surface area contributed by atoms with Gasteiger partial charge in [0.2, 0.25) is 0 Å². The van der Waals surface area contributed by atoms with Crippen LogP contribution in [0, 0.1) is 0 Å². The van der Waals surface area contributed by atoms with E-state index in [9.17, 15) is 9.90 Å². The number of ketones is 1. The number of phenols is 1. The second kappa shape index (κ2) is 7.55. The smallest absolute Gasteiger partial charge is 0.193 e. The number of benzene rings is 2. The molecule has 0 aliphatic heterocycles. The molecule has 0 spiro atoms. The Morgan fingerprint density at radius 1 is 1.08 bits per heavy atom. The summed E-state index contributed by atoms with van der Waals surface area (Å²) < 4.78 is 5.16. The molecule has 0 amide bonds. The summed E-state index contributed by atoms with van der Waals surface area (Å²) in [5.41, 5.74) is 2.17. The van der Waals surface area contributed by atoms with E-state index in [0.717, 1.165) is 5.71 Å². The number of aromatic hydroxyl groups is 1. The van der Waals surface area contributed by atoms with E-state index >= 15 is 0 Å². The minimum Gasteiger partial charge on any atom is -0.504 e. The van der Waals surface area contributed by atoms with E-state index in [1.54, 1.807) is 37.4 Å². The number of aliphatic imine (C=N–C) groups is 2. The summed E-state index contributed by atoms with van der Waals surface area (Å²) >= 11 is 0. The minimum atomic E-state index is -0.214. The summed E-state index contributed by atoms with van der Waals surface area (Å²) in [6.07, 6.45) is 0. The Morgan fingerprint density at radius 3 is 2.29 bits per heavy atom. The molecule has 2 rings (SSSR count). The molecular weight excluding hydrogens is 304 g/mol. The molecule has 0 aromatic heterocycles.